The SMILES string of the molecule is CCCCCCCCC/C=C\CCCCCCCC(=O)OC(COCCCCCCCCCCCCCCCCC)COP(=O)(O)OCCN. The van der Waals surface area contributed by atoms with Crippen LogP contribution in [0.25, 0.3) is 0 Å². The van der Waals surface area contributed by atoms with Crippen LogP contribution >= 0.6 is 7.82 Å². The summed E-state index contributed by atoms with van der Waals surface area (Å²) >= 11 is 0. The molecule has 3 N–H and O–H groups in total. The number of nitrogens with two attached hydrogens (primary N) is 1. The van der Waals surface area contributed by atoms with Gasteiger partial charge in [-0.25, -0.2) is 4.57 Å². The molecule has 0 aromatic heterocycles. The van der Waals surface area contributed by atoms with E-state index in [1.807, 2.05) is 0 Å². The summed E-state index contributed by atoms with van der Waals surface area (Å²) in [5.74, 6) is -0.335. The van der Waals surface area contributed by atoms with Crippen molar-refractivity contribution in [1.29, 1.82) is 0 Å². The Bertz CT molecular complexity index is 782. The van der Waals surface area contributed by atoms with Gasteiger partial charge in [0.2, 0.25) is 0 Å². The first-order valence-corrected chi connectivity index (χ1v) is 22.7. The molecule has 8 nitrogen and oxygen atoms in total. The van der Waals surface area contributed by atoms with Gasteiger partial charge in [-0.2, -0.15) is 0 Å². The Morgan fingerprint density at radius 2 is 1.00 bits per heavy atom. The van der Waals surface area contributed by atoms with Gasteiger partial charge in [0.05, 0.1) is 19.8 Å². The Morgan fingerprint density at radius 1 is 0.580 bits per heavy atom. The average molecular weight is 732 g/mol. The number of hydrogen-bond acceptors (Lipinski definition) is 7. The van der Waals surface area contributed by atoms with Crippen LogP contribution in [0.15, 0.2) is 12.2 Å². The minimum Gasteiger partial charge on any atom is -0.457 e. The van der Waals surface area contributed by atoms with E-state index in [2.05, 4.69) is 26.0 Å². The smallest absolute Gasteiger partial charge is 0.457 e. The van der Waals surface area contributed by atoms with Crippen molar-refractivity contribution in [2.75, 3.05) is 33.0 Å². The summed E-state index contributed by atoms with van der Waals surface area (Å²) in [5, 5.41) is 0. The van der Waals surface area contributed by atoms with Gasteiger partial charge in [0.15, 0.2) is 0 Å². The number of phosphoric acid groups is 1. The third-order valence-corrected chi connectivity index (χ3v) is 10.2. The van der Waals surface area contributed by atoms with E-state index in [1.165, 1.54) is 141 Å². The van der Waals surface area contributed by atoms with Crippen molar-refractivity contribution in [3.63, 3.8) is 0 Å². The van der Waals surface area contributed by atoms with E-state index in [-0.39, 0.29) is 32.3 Å². The van der Waals surface area contributed by atoms with Gasteiger partial charge in [-0.3, -0.25) is 13.8 Å². The van der Waals surface area contributed by atoms with E-state index in [1.54, 1.807) is 0 Å². The summed E-state index contributed by atoms with van der Waals surface area (Å²) in [5.41, 5.74) is 5.36. The van der Waals surface area contributed by atoms with Gasteiger partial charge < -0.3 is 20.1 Å². The summed E-state index contributed by atoms with van der Waals surface area (Å²) in [4.78, 5) is 22.4. The molecular weight excluding hydrogens is 649 g/mol. The topological polar surface area (TPSA) is 117 Å². The average Bonchev–Trinajstić information content (AvgIpc) is 3.10. The molecule has 50 heavy (non-hydrogen) atoms. The monoisotopic (exact) mass is 732 g/mol. The largest absolute Gasteiger partial charge is 0.472 e. The van der Waals surface area contributed by atoms with Gasteiger partial charge in [0.1, 0.15) is 6.10 Å². The van der Waals surface area contributed by atoms with Crippen molar-refractivity contribution < 1.29 is 32.8 Å². The van der Waals surface area contributed by atoms with E-state index in [4.69, 9.17) is 24.3 Å². The highest BCUT2D eigenvalue weighted by atomic mass is 31.2. The summed E-state index contributed by atoms with van der Waals surface area (Å²) < 4.78 is 33.4. The zero-order valence-corrected chi connectivity index (χ0v) is 33.8. The molecule has 0 aliphatic heterocycles. The molecule has 2 unspecified atom stereocenters. The second-order valence-corrected chi connectivity index (χ2v) is 15.7. The number of unbranched alkanes of at least 4 members (excludes halogenated alkanes) is 26. The number of carbonyl (C=O) groups excluding carboxylic acids is 1. The molecule has 0 aromatic rings. The first-order valence-electron chi connectivity index (χ1n) is 21.2. The highest BCUT2D eigenvalue weighted by Crippen LogP contribution is 2.43. The molecule has 9 heteroatoms. The van der Waals surface area contributed by atoms with Crippen LogP contribution in [0.5, 0.6) is 0 Å². The van der Waals surface area contributed by atoms with Gasteiger partial charge in [-0.15, -0.1) is 0 Å². The van der Waals surface area contributed by atoms with E-state index in [0.717, 1.165) is 44.9 Å². The molecule has 298 valence electrons. The lowest BCUT2D eigenvalue weighted by molar-refractivity contribution is -0.154. The molecular formula is C41H82NO7P. The maximum atomic E-state index is 12.6. The lowest BCUT2D eigenvalue weighted by Gasteiger charge is -2.20. The Kier molecular flexibility index (Phi) is 38.8. The van der Waals surface area contributed by atoms with Crippen LogP contribution in [0.4, 0.5) is 0 Å². The van der Waals surface area contributed by atoms with Gasteiger partial charge in [0, 0.05) is 19.6 Å². The van der Waals surface area contributed by atoms with E-state index >= 15 is 0 Å². The molecule has 0 heterocycles. The third-order valence-electron chi connectivity index (χ3n) is 9.18. The third kappa shape index (κ3) is 38.5. The van der Waals surface area contributed by atoms with Gasteiger partial charge in [-0.1, -0.05) is 174 Å². The van der Waals surface area contributed by atoms with Crippen LogP contribution in [-0.4, -0.2) is 49.9 Å². The van der Waals surface area contributed by atoms with Gasteiger partial charge in [-0.05, 0) is 38.5 Å². The van der Waals surface area contributed by atoms with Crippen molar-refractivity contribution in [3.05, 3.63) is 12.2 Å². The minimum atomic E-state index is -4.27. The number of esters is 1. The molecule has 0 saturated carbocycles. The van der Waals surface area contributed by atoms with Crippen LogP contribution in [0.2, 0.25) is 0 Å². The molecule has 0 radical (unpaired) electrons. The molecule has 2 atom stereocenters. The Morgan fingerprint density at radius 3 is 1.46 bits per heavy atom. The molecule has 0 aliphatic carbocycles. The molecule has 0 spiro atoms. The molecule has 0 amide bonds. The summed E-state index contributed by atoms with van der Waals surface area (Å²) in [7, 11) is -4.27. The summed E-state index contributed by atoms with van der Waals surface area (Å²) in [6, 6.07) is 0. The number of hydrogen-bond donors (Lipinski definition) is 2. The predicted molar refractivity (Wildman–Crippen MR) is 210 cm³/mol. The highest BCUT2D eigenvalue weighted by Gasteiger charge is 2.25. The fraction of sp³-hybridized carbons (Fsp3) is 0.927. The predicted octanol–water partition coefficient (Wildman–Crippen LogP) is 12.3. The van der Waals surface area contributed by atoms with Crippen LogP contribution in [0.1, 0.15) is 206 Å². The van der Waals surface area contributed by atoms with Crippen molar-refractivity contribution in [2.45, 2.75) is 213 Å². The zero-order chi connectivity index (χ0) is 36.6. The van der Waals surface area contributed by atoms with Crippen LogP contribution in [0, 0.1) is 0 Å². The Labute approximate surface area is 309 Å². The number of ether oxygens (including phenoxy) is 2. The number of carbonyl (C=O) groups is 1. The molecule has 0 aliphatic rings. The van der Waals surface area contributed by atoms with Crippen molar-refractivity contribution in [1.82, 2.24) is 0 Å². The Balaban J connectivity index is 4.03. The summed E-state index contributed by atoms with van der Waals surface area (Å²) in [6.45, 7) is 4.95. The van der Waals surface area contributed by atoms with Crippen LogP contribution in [-0.2, 0) is 27.9 Å². The van der Waals surface area contributed by atoms with Crippen molar-refractivity contribution in [2.24, 2.45) is 5.73 Å². The van der Waals surface area contributed by atoms with Gasteiger partial charge >= 0.3 is 13.8 Å². The lowest BCUT2D eigenvalue weighted by Crippen LogP contribution is -2.28. The number of rotatable bonds is 41. The first-order chi connectivity index (χ1) is 24.4. The number of allylic oxidation sites excluding steroid dienone is 2. The van der Waals surface area contributed by atoms with E-state index in [9.17, 15) is 14.3 Å². The van der Waals surface area contributed by atoms with E-state index < -0.39 is 13.9 Å². The van der Waals surface area contributed by atoms with E-state index in [0.29, 0.717) is 13.0 Å². The van der Waals surface area contributed by atoms with Crippen molar-refractivity contribution >= 4 is 13.8 Å². The second-order valence-electron chi connectivity index (χ2n) is 14.2. The maximum Gasteiger partial charge on any atom is 0.472 e. The zero-order valence-electron chi connectivity index (χ0n) is 32.9. The normalized spacial score (nSPS) is 13.6. The van der Waals surface area contributed by atoms with Crippen LogP contribution in [0.3, 0.4) is 0 Å². The minimum absolute atomic E-state index is 0.0938. The van der Waals surface area contributed by atoms with Gasteiger partial charge in [0.25, 0.3) is 0 Å². The highest BCUT2D eigenvalue weighted by molar-refractivity contribution is 7.47. The summed E-state index contributed by atoms with van der Waals surface area (Å²) in [6.07, 6.45) is 40.8. The first kappa shape index (κ1) is 49.2. The number of phosphoric ester groups is 1. The Hall–Kier alpha value is -0.760. The lowest BCUT2D eigenvalue weighted by atomic mass is 10.0. The molecule has 0 aromatic carbocycles. The fourth-order valence-corrected chi connectivity index (χ4v) is 6.82. The van der Waals surface area contributed by atoms with Crippen molar-refractivity contribution in [3.8, 4) is 0 Å². The molecule has 0 bridgehead atoms. The molecule has 0 rings (SSSR count). The fourth-order valence-electron chi connectivity index (χ4n) is 6.05. The standard InChI is InChI=1S/C41H82NO7P/c1-3-5-7-9-11-13-15-17-19-20-22-24-26-28-30-32-34-41(43)49-40(39-48-50(44,45)47-37-35-42)38-46-36-33-31-29-27-25-23-21-18-16-14-12-10-8-6-4-2/h19-20,40H,3-18,21-39,42H2,1-2H3,(H,44,45)/b20-19-. The molecule has 0 saturated heterocycles. The van der Waals surface area contributed by atoms with Crippen LogP contribution < -0.4 is 5.73 Å². The quantitative estimate of drug-likeness (QED) is 0.0276. The second kappa shape index (κ2) is 39.4. The molecule has 0 fully saturated rings. The maximum absolute atomic E-state index is 12.6.